The van der Waals surface area contributed by atoms with E-state index in [0.717, 1.165) is 79.5 Å². The molecule has 0 unspecified atom stereocenters. The Balaban J connectivity index is 1.46. The number of para-hydroxylation sites is 1. The van der Waals surface area contributed by atoms with Crippen LogP contribution in [0, 0.1) is 19.8 Å². The normalized spacial score (nSPS) is 18.0. The SMILES string of the molecule is Cc1nc(N2CCCN(C(=O)C3CCCC3)CC2)c2c(C)nn(-c3ccccc3)c2n1. The van der Waals surface area contributed by atoms with E-state index in [1.165, 1.54) is 12.8 Å². The second-order valence-electron chi connectivity index (χ2n) is 8.77. The molecule has 31 heavy (non-hydrogen) atoms. The van der Waals surface area contributed by atoms with Gasteiger partial charge in [0.15, 0.2) is 5.65 Å². The molecule has 7 heteroatoms. The molecule has 1 aliphatic heterocycles. The zero-order chi connectivity index (χ0) is 21.4. The maximum absolute atomic E-state index is 12.9. The van der Waals surface area contributed by atoms with Gasteiger partial charge < -0.3 is 9.80 Å². The predicted molar refractivity (Wildman–Crippen MR) is 122 cm³/mol. The summed E-state index contributed by atoms with van der Waals surface area (Å²) in [6, 6.07) is 10.1. The van der Waals surface area contributed by atoms with Gasteiger partial charge in [-0.1, -0.05) is 31.0 Å². The van der Waals surface area contributed by atoms with E-state index in [9.17, 15) is 4.79 Å². The molecule has 162 valence electrons. The van der Waals surface area contributed by atoms with Gasteiger partial charge in [-0.05, 0) is 45.2 Å². The van der Waals surface area contributed by atoms with Crippen LogP contribution in [-0.2, 0) is 4.79 Å². The van der Waals surface area contributed by atoms with Crippen LogP contribution in [0.3, 0.4) is 0 Å². The van der Waals surface area contributed by atoms with Gasteiger partial charge in [-0.25, -0.2) is 14.6 Å². The fraction of sp³-hybridized carbons (Fsp3) is 0.500. The minimum Gasteiger partial charge on any atom is -0.354 e. The lowest BCUT2D eigenvalue weighted by Crippen LogP contribution is -2.38. The Morgan fingerprint density at radius 1 is 0.935 bits per heavy atom. The van der Waals surface area contributed by atoms with E-state index in [1.54, 1.807) is 0 Å². The van der Waals surface area contributed by atoms with E-state index in [4.69, 9.17) is 15.1 Å². The van der Waals surface area contributed by atoms with Gasteiger partial charge >= 0.3 is 0 Å². The average Bonchev–Trinajstić information content (AvgIpc) is 3.35. The lowest BCUT2D eigenvalue weighted by Gasteiger charge is -2.25. The molecule has 7 nitrogen and oxygen atoms in total. The van der Waals surface area contributed by atoms with Gasteiger partial charge in [0.2, 0.25) is 5.91 Å². The van der Waals surface area contributed by atoms with Crippen LogP contribution in [0.5, 0.6) is 0 Å². The molecule has 2 aliphatic rings. The van der Waals surface area contributed by atoms with Gasteiger partial charge in [-0.15, -0.1) is 0 Å². The minimum atomic E-state index is 0.242. The number of nitrogens with zero attached hydrogens (tertiary/aromatic N) is 6. The Hall–Kier alpha value is -2.96. The standard InChI is InChI=1S/C24H30N6O/c1-17-21-22(25-18(2)26-23(21)30(27-17)20-11-4-3-5-12-20)28-13-8-14-29(16-15-28)24(31)19-9-6-7-10-19/h3-5,11-12,19H,6-10,13-16H2,1-2H3. The molecule has 0 spiro atoms. The summed E-state index contributed by atoms with van der Waals surface area (Å²) >= 11 is 0. The highest BCUT2D eigenvalue weighted by atomic mass is 16.2. The van der Waals surface area contributed by atoms with E-state index in [2.05, 4.69) is 9.80 Å². The first kappa shape index (κ1) is 20.0. The number of amides is 1. The monoisotopic (exact) mass is 418 g/mol. The van der Waals surface area contributed by atoms with Crippen LogP contribution in [-0.4, -0.2) is 56.7 Å². The molecule has 1 saturated heterocycles. The Morgan fingerprint density at radius 2 is 1.71 bits per heavy atom. The molecule has 0 N–H and O–H groups in total. The van der Waals surface area contributed by atoms with Crippen molar-refractivity contribution in [3.63, 3.8) is 0 Å². The van der Waals surface area contributed by atoms with Gasteiger partial charge in [0.1, 0.15) is 11.6 Å². The summed E-state index contributed by atoms with van der Waals surface area (Å²) < 4.78 is 1.91. The first-order chi connectivity index (χ1) is 15.1. The molecule has 1 aliphatic carbocycles. The average molecular weight is 419 g/mol. The number of carbonyl (C=O) groups is 1. The molecule has 5 rings (SSSR count). The molecular formula is C24H30N6O. The van der Waals surface area contributed by atoms with Gasteiger partial charge in [-0.2, -0.15) is 5.10 Å². The largest absolute Gasteiger partial charge is 0.354 e. The first-order valence-electron chi connectivity index (χ1n) is 11.4. The lowest BCUT2D eigenvalue weighted by atomic mass is 10.1. The molecule has 0 atom stereocenters. The molecule has 0 bridgehead atoms. The van der Waals surface area contributed by atoms with E-state index in [0.29, 0.717) is 5.91 Å². The van der Waals surface area contributed by atoms with Crippen LogP contribution < -0.4 is 4.90 Å². The summed E-state index contributed by atoms with van der Waals surface area (Å²) in [4.78, 5) is 26.9. The molecule has 0 radical (unpaired) electrons. The Labute approximate surface area is 183 Å². The summed E-state index contributed by atoms with van der Waals surface area (Å²) in [5.74, 6) is 2.28. The topological polar surface area (TPSA) is 67.2 Å². The number of hydrogen-bond acceptors (Lipinski definition) is 5. The van der Waals surface area contributed by atoms with Crippen molar-refractivity contribution in [2.75, 3.05) is 31.1 Å². The van der Waals surface area contributed by atoms with Gasteiger partial charge in [0.25, 0.3) is 0 Å². The summed E-state index contributed by atoms with van der Waals surface area (Å²) in [7, 11) is 0. The Bertz CT molecular complexity index is 1090. The van der Waals surface area contributed by atoms with Gasteiger partial charge in [-0.3, -0.25) is 4.79 Å². The van der Waals surface area contributed by atoms with Crippen LogP contribution in [0.4, 0.5) is 5.82 Å². The van der Waals surface area contributed by atoms with E-state index >= 15 is 0 Å². The van der Waals surface area contributed by atoms with Gasteiger partial charge in [0.05, 0.1) is 16.8 Å². The molecule has 1 saturated carbocycles. The zero-order valence-corrected chi connectivity index (χ0v) is 18.4. The predicted octanol–water partition coefficient (Wildman–Crippen LogP) is 3.66. The van der Waals surface area contributed by atoms with Crippen molar-refractivity contribution in [1.82, 2.24) is 24.6 Å². The van der Waals surface area contributed by atoms with Crippen LogP contribution >= 0.6 is 0 Å². The van der Waals surface area contributed by atoms with Crippen molar-refractivity contribution in [2.24, 2.45) is 5.92 Å². The fourth-order valence-electron chi connectivity index (χ4n) is 5.03. The number of hydrogen-bond donors (Lipinski definition) is 0. The molecule has 2 fully saturated rings. The molecule has 3 heterocycles. The third-order valence-corrected chi connectivity index (χ3v) is 6.61. The number of benzene rings is 1. The number of fused-ring (bicyclic) bond motifs is 1. The second-order valence-corrected chi connectivity index (χ2v) is 8.77. The van der Waals surface area contributed by atoms with Crippen molar-refractivity contribution < 1.29 is 4.79 Å². The summed E-state index contributed by atoms with van der Waals surface area (Å²) in [5, 5.41) is 5.80. The molecule has 3 aromatic rings. The van der Waals surface area contributed by atoms with Crippen LogP contribution in [0.2, 0.25) is 0 Å². The van der Waals surface area contributed by atoms with Gasteiger partial charge in [0, 0.05) is 32.1 Å². The van der Waals surface area contributed by atoms with Crippen molar-refractivity contribution in [3.8, 4) is 5.69 Å². The first-order valence-corrected chi connectivity index (χ1v) is 11.4. The summed E-state index contributed by atoms with van der Waals surface area (Å²) in [5.41, 5.74) is 2.76. The molecule has 1 aromatic carbocycles. The number of rotatable bonds is 3. The number of aromatic nitrogens is 4. The molecule has 1 amide bonds. The number of carbonyl (C=O) groups excluding carboxylic acids is 1. The van der Waals surface area contributed by atoms with Crippen LogP contribution in [0.25, 0.3) is 16.7 Å². The highest BCUT2D eigenvalue weighted by molar-refractivity contribution is 5.91. The highest BCUT2D eigenvalue weighted by Crippen LogP contribution is 2.30. The smallest absolute Gasteiger partial charge is 0.225 e. The van der Waals surface area contributed by atoms with E-state index in [1.807, 2.05) is 48.9 Å². The quantitative estimate of drug-likeness (QED) is 0.649. The second kappa shape index (κ2) is 8.29. The molecule has 2 aromatic heterocycles. The van der Waals surface area contributed by atoms with E-state index < -0.39 is 0 Å². The molecular weight excluding hydrogens is 388 g/mol. The van der Waals surface area contributed by atoms with E-state index in [-0.39, 0.29) is 5.92 Å². The van der Waals surface area contributed by atoms with Crippen molar-refractivity contribution in [2.45, 2.75) is 46.0 Å². The minimum absolute atomic E-state index is 0.242. The van der Waals surface area contributed by atoms with Crippen LogP contribution in [0.1, 0.15) is 43.6 Å². The third kappa shape index (κ3) is 3.77. The maximum Gasteiger partial charge on any atom is 0.225 e. The van der Waals surface area contributed by atoms with Crippen molar-refractivity contribution in [1.29, 1.82) is 0 Å². The number of anilines is 1. The van der Waals surface area contributed by atoms with Crippen molar-refractivity contribution in [3.05, 3.63) is 41.9 Å². The Kier molecular flexibility index (Phi) is 5.34. The summed E-state index contributed by atoms with van der Waals surface area (Å²) in [6.07, 6.45) is 5.46. The zero-order valence-electron chi connectivity index (χ0n) is 18.4. The maximum atomic E-state index is 12.9. The number of aryl methyl sites for hydroxylation is 2. The lowest BCUT2D eigenvalue weighted by molar-refractivity contribution is -0.135. The highest BCUT2D eigenvalue weighted by Gasteiger charge is 2.29. The Morgan fingerprint density at radius 3 is 2.48 bits per heavy atom. The van der Waals surface area contributed by atoms with Crippen molar-refractivity contribution >= 4 is 22.8 Å². The third-order valence-electron chi connectivity index (χ3n) is 6.61. The summed E-state index contributed by atoms with van der Waals surface area (Å²) in [6.45, 7) is 7.23. The fourth-order valence-corrected chi connectivity index (χ4v) is 5.03. The van der Waals surface area contributed by atoms with Crippen LogP contribution in [0.15, 0.2) is 30.3 Å².